The minimum Gasteiger partial charge on any atom is -0.444 e. The number of hydrogen-bond donors (Lipinski definition) is 1. The molecule has 1 aliphatic heterocycles. The summed E-state index contributed by atoms with van der Waals surface area (Å²) in [6.07, 6.45) is 3.04. The molecule has 25 heavy (non-hydrogen) atoms. The Morgan fingerprint density at radius 2 is 2.12 bits per heavy atom. The molecular weight excluding hydrogens is 356 g/mol. The maximum atomic E-state index is 12.4. The molecule has 0 bridgehead atoms. The summed E-state index contributed by atoms with van der Waals surface area (Å²) in [4.78, 5) is 15.6. The summed E-state index contributed by atoms with van der Waals surface area (Å²) < 4.78 is 5.55. The van der Waals surface area contributed by atoms with Crippen molar-refractivity contribution < 1.29 is 9.53 Å². The van der Waals surface area contributed by atoms with Crippen molar-refractivity contribution in [1.29, 1.82) is 0 Å². The molecule has 4 nitrogen and oxygen atoms in total. The standard InChI is InChI=1S/C19H27ClN2O2S/c1-19(2,3)24-18(23)22(14-5-6-14)10-9-21-16-8-11-25-17-7-4-13(20)12-15(16)17/h4,7,12,14,16,21H,5-6,8-11H2,1-3H3. The highest BCUT2D eigenvalue weighted by Crippen LogP contribution is 2.37. The Balaban J connectivity index is 1.57. The zero-order valence-electron chi connectivity index (χ0n) is 15.2. The van der Waals surface area contributed by atoms with E-state index in [2.05, 4.69) is 17.4 Å². The largest absolute Gasteiger partial charge is 0.444 e. The Bertz CT molecular complexity index is 628. The molecule has 1 aromatic carbocycles. The van der Waals surface area contributed by atoms with E-state index < -0.39 is 5.60 Å². The molecule has 1 heterocycles. The van der Waals surface area contributed by atoms with Crippen LogP contribution in [-0.2, 0) is 4.74 Å². The average Bonchev–Trinajstić information content (AvgIpc) is 3.34. The lowest BCUT2D eigenvalue weighted by Crippen LogP contribution is -2.42. The molecule has 1 unspecified atom stereocenters. The number of carbonyl (C=O) groups is 1. The van der Waals surface area contributed by atoms with E-state index in [0.717, 1.165) is 36.6 Å². The number of halogens is 1. The Hall–Kier alpha value is -0.910. The van der Waals surface area contributed by atoms with Crippen LogP contribution >= 0.6 is 23.4 Å². The lowest BCUT2D eigenvalue weighted by Gasteiger charge is -2.30. The van der Waals surface area contributed by atoms with Gasteiger partial charge < -0.3 is 15.0 Å². The van der Waals surface area contributed by atoms with Crippen molar-refractivity contribution >= 4 is 29.5 Å². The highest BCUT2D eigenvalue weighted by Gasteiger charge is 2.35. The van der Waals surface area contributed by atoms with Crippen molar-refractivity contribution in [1.82, 2.24) is 10.2 Å². The van der Waals surface area contributed by atoms with Crippen molar-refractivity contribution in [3.63, 3.8) is 0 Å². The third-order valence-corrected chi connectivity index (χ3v) is 5.73. The average molecular weight is 383 g/mol. The van der Waals surface area contributed by atoms with E-state index >= 15 is 0 Å². The van der Waals surface area contributed by atoms with Gasteiger partial charge in [-0.2, -0.15) is 0 Å². The van der Waals surface area contributed by atoms with E-state index in [-0.39, 0.29) is 6.09 Å². The molecule has 1 atom stereocenters. The second kappa shape index (κ2) is 7.77. The Morgan fingerprint density at radius 3 is 2.80 bits per heavy atom. The molecule has 0 saturated heterocycles. The first-order valence-corrected chi connectivity index (χ1v) is 10.3. The van der Waals surface area contributed by atoms with Crippen LogP contribution in [0.1, 0.15) is 51.6 Å². The van der Waals surface area contributed by atoms with Gasteiger partial charge in [-0.05, 0) is 69.5 Å². The number of fused-ring (bicyclic) bond motifs is 1. The first-order chi connectivity index (χ1) is 11.8. The van der Waals surface area contributed by atoms with Crippen LogP contribution in [0.4, 0.5) is 4.79 Å². The van der Waals surface area contributed by atoms with E-state index in [1.807, 2.05) is 43.5 Å². The number of ether oxygens (including phenoxy) is 1. The fraction of sp³-hybridized carbons (Fsp3) is 0.632. The first kappa shape index (κ1) is 18.9. The summed E-state index contributed by atoms with van der Waals surface area (Å²) in [6, 6.07) is 6.77. The van der Waals surface area contributed by atoms with Crippen LogP contribution in [-0.4, -0.2) is 41.5 Å². The maximum Gasteiger partial charge on any atom is 0.410 e. The number of benzene rings is 1. The molecule has 2 aliphatic rings. The SMILES string of the molecule is CC(C)(C)OC(=O)N(CCNC1CCSc2ccc(Cl)cc21)C1CC1. The van der Waals surface area contributed by atoms with Gasteiger partial charge in [-0.25, -0.2) is 4.79 Å². The van der Waals surface area contributed by atoms with Crippen LogP contribution in [0.2, 0.25) is 5.02 Å². The Morgan fingerprint density at radius 1 is 1.36 bits per heavy atom. The second-order valence-electron chi connectivity index (χ2n) is 7.73. The number of carbonyl (C=O) groups excluding carboxylic acids is 1. The topological polar surface area (TPSA) is 41.6 Å². The van der Waals surface area contributed by atoms with Crippen LogP contribution in [0.5, 0.6) is 0 Å². The van der Waals surface area contributed by atoms with E-state index in [0.29, 0.717) is 18.6 Å². The Kier molecular flexibility index (Phi) is 5.86. The van der Waals surface area contributed by atoms with Crippen molar-refractivity contribution in [3.05, 3.63) is 28.8 Å². The van der Waals surface area contributed by atoms with Crippen LogP contribution in [0.25, 0.3) is 0 Å². The molecule has 1 aromatic rings. The quantitative estimate of drug-likeness (QED) is 0.789. The lowest BCUT2D eigenvalue weighted by atomic mass is 10.0. The van der Waals surface area contributed by atoms with Gasteiger partial charge in [0.15, 0.2) is 0 Å². The van der Waals surface area contributed by atoms with Gasteiger partial charge in [0.25, 0.3) is 0 Å². The van der Waals surface area contributed by atoms with Gasteiger partial charge in [0.05, 0.1) is 0 Å². The maximum absolute atomic E-state index is 12.4. The van der Waals surface area contributed by atoms with E-state index in [1.54, 1.807) is 0 Å². The third-order valence-electron chi connectivity index (χ3n) is 4.37. The smallest absolute Gasteiger partial charge is 0.410 e. The zero-order chi connectivity index (χ0) is 18.0. The molecule has 1 saturated carbocycles. The van der Waals surface area contributed by atoms with Crippen molar-refractivity contribution in [2.75, 3.05) is 18.8 Å². The fourth-order valence-corrected chi connectivity index (χ4v) is 4.35. The highest BCUT2D eigenvalue weighted by molar-refractivity contribution is 7.99. The predicted octanol–water partition coefficient (Wildman–Crippen LogP) is 4.87. The normalized spacial score (nSPS) is 20.1. The van der Waals surface area contributed by atoms with E-state index in [1.165, 1.54) is 10.5 Å². The Labute approximate surface area is 159 Å². The molecule has 1 fully saturated rings. The lowest BCUT2D eigenvalue weighted by molar-refractivity contribution is 0.0234. The molecule has 3 rings (SSSR count). The third kappa shape index (κ3) is 5.28. The number of hydrogen-bond acceptors (Lipinski definition) is 4. The summed E-state index contributed by atoms with van der Waals surface area (Å²) in [5, 5.41) is 4.39. The second-order valence-corrected chi connectivity index (χ2v) is 9.30. The molecule has 6 heteroatoms. The van der Waals surface area contributed by atoms with Gasteiger partial charge in [0.1, 0.15) is 5.60 Å². The molecule has 1 aliphatic carbocycles. The van der Waals surface area contributed by atoms with Gasteiger partial charge in [0, 0.05) is 35.1 Å². The summed E-state index contributed by atoms with van der Waals surface area (Å²) >= 11 is 8.06. The number of thioether (sulfide) groups is 1. The number of nitrogens with zero attached hydrogens (tertiary/aromatic N) is 1. The molecular formula is C19H27ClN2O2S. The summed E-state index contributed by atoms with van der Waals surface area (Å²) in [5.41, 5.74) is 0.826. The van der Waals surface area contributed by atoms with Crippen LogP contribution in [0.3, 0.4) is 0 Å². The van der Waals surface area contributed by atoms with Crippen LogP contribution in [0, 0.1) is 0 Å². The monoisotopic (exact) mass is 382 g/mol. The van der Waals surface area contributed by atoms with Crippen LogP contribution < -0.4 is 5.32 Å². The molecule has 138 valence electrons. The van der Waals surface area contributed by atoms with Crippen molar-refractivity contribution in [3.8, 4) is 0 Å². The van der Waals surface area contributed by atoms with Gasteiger partial charge in [0.2, 0.25) is 0 Å². The molecule has 0 radical (unpaired) electrons. The van der Waals surface area contributed by atoms with Gasteiger partial charge >= 0.3 is 6.09 Å². The molecule has 1 amide bonds. The van der Waals surface area contributed by atoms with Gasteiger partial charge in [-0.15, -0.1) is 11.8 Å². The first-order valence-electron chi connectivity index (χ1n) is 8.99. The number of rotatable bonds is 5. The fourth-order valence-electron chi connectivity index (χ4n) is 3.07. The number of amides is 1. The molecule has 1 N–H and O–H groups in total. The predicted molar refractivity (Wildman–Crippen MR) is 103 cm³/mol. The van der Waals surface area contributed by atoms with Crippen molar-refractivity contribution in [2.45, 2.75) is 62.6 Å². The molecule has 0 spiro atoms. The van der Waals surface area contributed by atoms with E-state index in [9.17, 15) is 4.79 Å². The van der Waals surface area contributed by atoms with E-state index in [4.69, 9.17) is 16.3 Å². The molecule has 0 aromatic heterocycles. The minimum atomic E-state index is -0.450. The zero-order valence-corrected chi connectivity index (χ0v) is 16.8. The minimum absolute atomic E-state index is 0.195. The number of nitrogens with one attached hydrogen (secondary N) is 1. The highest BCUT2D eigenvalue weighted by atomic mass is 35.5. The summed E-state index contributed by atoms with van der Waals surface area (Å²) in [6.45, 7) is 7.17. The van der Waals surface area contributed by atoms with Gasteiger partial charge in [-0.1, -0.05) is 11.6 Å². The summed E-state index contributed by atoms with van der Waals surface area (Å²) in [5.74, 6) is 1.10. The summed E-state index contributed by atoms with van der Waals surface area (Å²) in [7, 11) is 0. The van der Waals surface area contributed by atoms with Crippen molar-refractivity contribution in [2.24, 2.45) is 0 Å². The van der Waals surface area contributed by atoms with Crippen LogP contribution in [0.15, 0.2) is 23.1 Å². The van der Waals surface area contributed by atoms with Gasteiger partial charge in [-0.3, -0.25) is 0 Å².